The van der Waals surface area contributed by atoms with Crippen LogP contribution in [-0.2, 0) is 35.3 Å². The summed E-state index contributed by atoms with van der Waals surface area (Å²) in [6.45, 7) is 17.5. The van der Waals surface area contributed by atoms with Crippen LogP contribution in [0.5, 0.6) is 5.75 Å². The van der Waals surface area contributed by atoms with Gasteiger partial charge >= 0.3 is 0 Å². The lowest BCUT2D eigenvalue weighted by molar-refractivity contribution is -0.384. The van der Waals surface area contributed by atoms with Crippen molar-refractivity contribution in [3.05, 3.63) is 76.4 Å². The number of hydrogen-bond acceptors (Lipinski definition) is 9. The Kier molecular flexibility index (Phi) is 10.6. The Hall–Kier alpha value is -2.65. The Morgan fingerprint density at radius 1 is 1.06 bits per heavy atom. The average Bonchev–Trinajstić information content (AvgIpc) is 3.62. The van der Waals surface area contributed by atoms with Crippen LogP contribution >= 0.6 is 0 Å². The van der Waals surface area contributed by atoms with E-state index in [0.29, 0.717) is 45.7 Å². The van der Waals surface area contributed by atoms with Crippen molar-refractivity contribution in [2.24, 2.45) is 17.3 Å². The highest BCUT2D eigenvalue weighted by atomic mass is 32.2. The molecule has 3 aliphatic rings. The van der Waals surface area contributed by atoms with Gasteiger partial charge in [0, 0.05) is 49.6 Å². The third kappa shape index (κ3) is 7.42. The molecule has 3 atom stereocenters. The zero-order valence-corrected chi connectivity index (χ0v) is 30.8. The minimum absolute atomic E-state index is 0.00201. The zero-order valence-electron chi connectivity index (χ0n) is 29.0. The smallest absolute Gasteiger partial charge is 0.269 e. The first kappa shape index (κ1) is 36.6. The lowest BCUT2D eigenvalue weighted by Gasteiger charge is -2.48. The third-order valence-corrected chi connectivity index (χ3v) is 17.3. The summed E-state index contributed by atoms with van der Waals surface area (Å²) in [6.07, 6.45) is 1.88. The summed E-state index contributed by atoms with van der Waals surface area (Å²) in [6, 6.07) is 12.8. The third-order valence-electron chi connectivity index (χ3n) is 10.9. The van der Waals surface area contributed by atoms with Crippen molar-refractivity contribution in [1.82, 2.24) is 4.31 Å². The number of methoxy groups -OCH3 is 1. The summed E-state index contributed by atoms with van der Waals surface area (Å²) in [5.41, 5.74) is 1.49. The van der Waals surface area contributed by atoms with Gasteiger partial charge in [0.2, 0.25) is 10.0 Å². The minimum Gasteiger partial charge on any atom is -0.497 e. The number of nitro benzene ring substituents is 1. The van der Waals surface area contributed by atoms with Crippen molar-refractivity contribution in [1.29, 1.82) is 0 Å². The standard InChI is InChI=1S/C35H50N2O9SSi/c1-26-20-34(25-43-24-27-8-12-30(42-5)13-9-27)22-32(26)35(44-18-19-45-35)21-28(34)23-36(16-17-46-48(6,7)33(2,3)4)47(40,41)31-14-10-29(11-15-31)37(38)39/h8-15,28,32H,1,16-25H2,2-7H3. The van der Waals surface area contributed by atoms with E-state index in [1.807, 2.05) is 24.3 Å². The number of nitrogens with zero attached hydrogens (tertiary/aromatic N) is 2. The van der Waals surface area contributed by atoms with Crippen LogP contribution in [-0.4, -0.2) is 78.4 Å². The summed E-state index contributed by atoms with van der Waals surface area (Å²) in [5.74, 6) is -0.281. The fourth-order valence-corrected chi connectivity index (χ4v) is 9.61. The van der Waals surface area contributed by atoms with Crippen LogP contribution in [0.15, 0.2) is 65.6 Å². The van der Waals surface area contributed by atoms with Gasteiger partial charge in [-0.15, -0.1) is 0 Å². The van der Waals surface area contributed by atoms with Gasteiger partial charge in [-0.05, 0) is 66.7 Å². The van der Waals surface area contributed by atoms with E-state index in [9.17, 15) is 18.5 Å². The molecule has 13 heteroatoms. The SMILES string of the molecule is C=C1CC2(COCc3ccc(OC)cc3)CC1C1(CC2CN(CCO[Si](C)(C)C(C)(C)C)S(=O)(=O)c2ccc([N+](=O)[O-])cc2)OCCO1. The molecule has 264 valence electrons. The van der Waals surface area contributed by atoms with Gasteiger partial charge in [0.05, 0.1) is 43.4 Å². The number of non-ortho nitro benzene ring substituents is 1. The van der Waals surface area contributed by atoms with Crippen LogP contribution in [0, 0.1) is 27.4 Å². The molecule has 2 aliphatic carbocycles. The number of rotatable bonds is 14. The quantitative estimate of drug-likeness (QED) is 0.0933. The van der Waals surface area contributed by atoms with Crippen molar-refractivity contribution in [2.45, 2.75) is 75.5 Å². The number of fused-ring (bicyclic) bond motifs is 3. The molecule has 1 heterocycles. The number of benzene rings is 2. The van der Waals surface area contributed by atoms with Gasteiger partial charge in [0.1, 0.15) is 5.75 Å². The summed E-state index contributed by atoms with van der Waals surface area (Å²) in [5, 5.41) is 11.3. The van der Waals surface area contributed by atoms with Crippen molar-refractivity contribution in [3.63, 3.8) is 0 Å². The molecular weight excluding hydrogens is 653 g/mol. The van der Waals surface area contributed by atoms with Gasteiger partial charge < -0.3 is 23.4 Å². The second kappa shape index (κ2) is 13.9. The predicted molar refractivity (Wildman–Crippen MR) is 185 cm³/mol. The Balaban J connectivity index is 1.45. The molecule has 48 heavy (non-hydrogen) atoms. The molecule has 0 N–H and O–H groups in total. The molecular formula is C35H50N2O9SSi. The lowest BCUT2D eigenvalue weighted by atomic mass is 9.65. The number of hydrogen-bond donors (Lipinski definition) is 0. The first-order valence-corrected chi connectivity index (χ1v) is 20.9. The largest absolute Gasteiger partial charge is 0.497 e. The van der Waals surface area contributed by atoms with E-state index in [0.717, 1.165) is 16.9 Å². The summed E-state index contributed by atoms with van der Waals surface area (Å²) < 4.78 is 61.0. The Morgan fingerprint density at radius 2 is 1.71 bits per heavy atom. The molecule has 3 unspecified atom stereocenters. The van der Waals surface area contributed by atoms with Gasteiger partial charge in [-0.2, -0.15) is 4.31 Å². The van der Waals surface area contributed by atoms with E-state index in [4.69, 9.17) is 23.4 Å². The maximum atomic E-state index is 14.4. The molecule has 0 amide bonds. The van der Waals surface area contributed by atoms with E-state index in [2.05, 4.69) is 40.4 Å². The normalized spacial score (nSPS) is 24.0. The van der Waals surface area contributed by atoms with Crippen LogP contribution < -0.4 is 4.74 Å². The highest BCUT2D eigenvalue weighted by Gasteiger charge is 2.63. The monoisotopic (exact) mass is 702 g/mol. The molecule has 0 aromatic heterocycles. The molecule has 11 nitrogen and oxygen atoms in total. The van der Waals surface area contributed by atoms with Crippen LogP contribution in [0.25, 0.3) is 0 Å². The average molecular weight is 703 g/mol. The fourth-order valence-electron chi connectivity index (χ4n) is 7.11. The second-order valence-electron chi connectivity index (χ2n) is 14.9. The highest BCUT2D eigenvalue weighted by molar-refractivity contribution is 7.89. The lowest BCUT2D eigenvalue weighted by Crippen LogP contribution is -2.53. The summed E-state index contributed by atoms with van der Waals surface area (Å²) in [4.78, 5) is 10.8. The zero-order chi connectivity index (χ0) is 35.0. The van der Waals surface area contributed by atoms with Gasteiger partial charge in [0.15, 0.2) is 14.1 Å². The molecule has 2 aromatic carbocycles. The molecule has 1 aliphatic heterocycles. The first-order chi connectivity index (χ1) is 22.5. The van der Waals surface area contributed by atoms with E-state index in [-0.39, 0.29) is 47.2 Å². The number of sulfonamides is 1. The Labute approximate surface area is 285 Å². The van der Waals surface area contributed by atoms with Crippen LogP contribution in [0.4, 0.5) is 5.69 Å². The van der Waals surface area contributed by atoms with Crippen molar-refractivity contribution >= 4 is 24.0 Å². The van der Waals surface area contributed by atoms with Gasteiger partial charge in [-0.3, -0.25) is 10.1 Å². The van der Waals surface area contributed by atoms with Gasteiger partial charge in [0.25, 0.3) is 5.69 Å². The van der Waals surface area contributed by atoms with E-state index < -0.39 is 34.5 Å². The molecule has 1 spiro atoms. The molecule has 2 aromatic rings. The Bertz CT molecular complexity index is 1570. The molecule has 5 rings (SSSR count). The molecule has 1 saturated heterocycles. The topological polar surface area (TPSA) is 127 Å². The molecule has 0 radical (unpaired) electrons. The van der Waals surface area contributed by atoms with Gasteiger partial charge in [-0.1, -0.05) is 45.1 Å². The van der Waals surface area contributed by atoms with Crippen LogP contribution in [0.3, 0.4) is 0 Å². The second-order valence-corrected chi connectivity index (χ2v) is 21.7. The minimum atomic E-state index is -4.07. The molecule has 2 saturated carbocycles. The first-order valence-electron chi connectivity index (χ1n) is 16.6. The van der Waals surface area contributed by atoms with Gasteiger partial charge in [-0.25, -0.2) is 8.42 Å². The van der Waals surface area contributed by atoms with Crippen LogP contribution in [0.2, 0.25) is 18.1 Å². The van der Waals surface area contributed by atoms with Crippen LogP contribution in [0.1, 0.15) is 45.6 Å². The van der Waals surface area contributed by atoms with E-state index in [1.54, 1.807) is 7.11 Å². The number of nitro groups is 1. The summed E-state index contributed by atoms with van der Waals surface area (Å²) >= 11 is 0. The highest BCUT2D eigenvalue weighted by Crippen LogP contribution is 2.62. The fraction of sp³-hybridized carbons (Fsp3) is 0.600. The van der Waals surface area contributed by atoms with E-state index >= 15 is 0 Å². The van der Waals surface area contributed by atoms with Crippen molar-refractivity contribution < 1.29 is 36.7 Å². The maximum Gasteiger partial charge on any atom is 0.269 e. The number of ether oxygens (including phenoxy) is 4. The maximum absolute atomic E-state index is 14.4. The molecule has 3 fully saturated rings. The van der Waals surface area contributed by atoms with Crippen molar-refractivity contribution in [2.75, 3.05) is 46.6 Å². The Morgan fingerprint density at radius 3 is 2.29 bits per heavy atom. The van der Waals surface area contributed by atoms with E-state index in [1.165, 1.54) is 28.6 Å². The van der Waals surface area contributed by atoms with Crippen molar-refractivity contribution in [3.8, 4) is 5.75 Å². The predicted octanol–water partition coefficient (Wildman–Crippen LogP) is 6.55. The summed E-state index contributed by atoms with van der Waals surface area (Å²) in [7, 11) is -4.62. The molecule has 2 bridgehead atoms.